The Labute approximate surface area is 111 Å². The molecular formula is C15H28N2O. The molecule has 1 aliphatic heterocycles. The van der Waals surface area contributed by atoms with E-state index in [1.54, 1.807) is 0 Å². The highest BCUT2D eigenvalue weighted by Gasteiger charge is 2.33. The molecule has 1 amide bonds. The molecule has 4 unspecified atom stereocenters. The van der Waals surface area contributed by atoms with Crippen LogP contribution in [0.1, 0.15) is 52.4 Å². The van der Waals surface area contributed by atoms with E-state index < -0.39 is 0 Å². The first-order chi connectivity index (χ1) is 8.70. The molecule has 18 heavy (non-hydrogen) atoms. The van der Waals surface area contributed by atoms with Crippen LogP contribution in [0, 0.1) is 17.8 Å². The summed E-state index contributed by atoms with van der Waals surface area (Å²) in [5.74, 6) is 2.72. The van der Waals surface area contributed by atoms with E-state index in [1.165, 1.54) is 32.1 Å². The Morgan fingerprint density at radius 3 is 2.72 bits per heavy atom. The van der Waals surface area contributed by atoms with Crippen LogP contribution in [-0.4, -0.2) is 25.0 Å². The molecule has 0 bridgehead atoms. The Balaban J connectivity index is 1.87. The maximum Gasteiger partial charge on any atom is 0.237 e. The zero-order valence-electron chi connectivity index (χ0n) is 11.9. The lowest BCUT2D eigenvalue weighted by atomic mass is 9.71. The van der Waals surface area contributed by atoms with Crippen molar-refractivity contribution in [3.05, 3.63) is 0 Å². The number of likely N-dealkylation sites (N-methyl/N-ethyl adjacent to an activating group) is 1. The molecule has 0 aromatic rings. The summed E-state index contributed by atoms with van der Waals surface area (Å²) in [7, 11) is 0. The van der Waals surface area contributed by atoms with Crippen LogP contribution in [0.3, 0.4) is 0 Å². The summed E-state index contributed by atoms with van der Waals surface area (Å²) < 4.78 is 0. The van der Waals surface area contributed by atoms with Crippen molar-refractivity contribution in [1.82, 2.24) is 10.6 Å². The van der Waals surface area contributed by atoms with E-state index in [2.05, 4.69) is 17.6 Å². The van der Waals surface area contributed by atoms with Crippen LogP contribution in [-0.2, 0) is 4.79 Å². The van der Waals surface area contributed by atoms with Crippen molar-refractivity contribution in [1.29, 1.82) is 0 Å². The lowest BCUT2D eigenvalue weighted by molar-refractivity contribution is -0.124. The molecule has 0 spiro atoms. The van der Waals surface area contributed by atoms with E-state index in [-0.39, 0.29) is 11.9 Å². The SMILES string of the molecule is CCNC(=O)C1CC(C2CCCC(C)C2)CCN1. The standard InChI is InChI=1S/C15H28N2O/c1-3-16-15(18)14-10-13(7-8-17-14)12-6-4-5-11(2)9-12/h11-14,17H,3-10H2,1-2H3,(H,16,18). The maximum atomic E-state index is 11.9. The average Bonchev–Trinajstić information content (AvgIpc) is 2.39. The van der Waals surface area contributed by atoms with E-state index in [0.29, 0.717) is 0 Å². The van der Waals surface area contributed by atoms with Gasteiger partial charge in [0.05, 0.1) is 6.04 Å². The minimum Gasteiger partial charge on any atom is -0.355 e. The van der Waals surface area contributed by atoms with E-state index in [9.17, 15) is 4.79 Å². The summed E-state index contributed by atoms with van der Waals surface area (Å²) >= 11 is 0. The van der Waals surface area contributed by atoms with Gasteiger partial charge in [-0.05, 0) is 50.5 Å². The third kappa shape index (κ3) is 3.47. The number of amides is 1. The van der Waals surface area contributed by atoms with Crippen molar-refractivity contribution in [3.8, 4) is 0 Å². The third-order valence-electron chi connectivity index (χ3n) is 4.76. The molecule has 1 saturated heterocycles. The van der Waals surface area contributed by atoms with E-state index in [4.69, 9.17) is 0 Å². The van der Waals surface area contributed by atoms with Crippen molar-refractivity contribution in [3.63, 3.8) is 0 Å². The first-order valence-corrected chi connectivity index (χ1v) is 7.71. The van der Waals surface area contributed by atoms with Crippen LogP contribution in [0.2, 0.25) is 0 Å². The van der Waals surface area contributed by atoms with Crippen molar-refractivity contribution >= 4 is 5.91 Å². The predicted octanol–water partition coefficient (Wildman–Crippen LogP) is 2.32. The fraction of sp³-hybridized carbons (Fsp3) is 0.933. The van der Waals surface area contributed by atoms with Crippen LogP contribution >= 0.6 is 0 Å². The maximum absolute atomic E-state index is 11.9. The molecule has 2 N–H and O–H groups in total. The predicted molar refractivity (Wildman–Crippen MR) is 74.3 cm³/mol. The fourth-order valence-corrected chi connectivity index (χ4v) is 3.78. The van der Waals surface area contributed by atoms with Gasteiger partial charge >= 0.3 is 0 Å². The second-order valence-corrected chi connectivity index (χ2v) is 6.22. The van der Waals surface area contributed by atoms with Crippen molar-refractivity contribution in [2.75, 3.05) is 13.1 Å². The van der Waals surface area contributed by atoms with Gasteiger partial charge in [-0.25, -0.2) is 0 Å². The Morgan fingerprint density at radius 1 is 1.22 bits per heavy atom. The highest BCUT2D eigenvalue weighted by Crippen LogP contribution is 2.37. The topological polar surface area (TPSA) is 41.1 Å². The molecule has 2 rings (SSSR count). The molecule has 2 fully saturated rings. The summed E-state index contributed by atoms with van der Waals surface area (Å²) in [4.78, 5) is 11.9. The van der Waals surface area contributed by atoms with Crippen LogP contribution in [0.25, 0.3) is 0 Å². The summed E-state index contributed by atoms with van der Waals surface area (Å²) in [6.07, 6.45) is 7.86. The fourth-order valence-electron chi connectivity index (χ4n) is 3.78. The van der Waals surface area contributed by atoms with Crippen molar-refractivity contribution in [2.24, 2.45) is 17.8 Å². The minimum absolute atomic E-state index is 0.0564. The van der Waals surface area contributed by atoms with Gasteiger partial charge in [-0.2, -0.15) is 0 Å². The second kappa shape index (κ2) is 6.55. The molecule has 4 atom stereocenters. The Bertz CT molecular complexity index is 280. The van der Waals surface area contributed by atoms with Gasteiger partial charge in [-0.15, -0.1) is 0 Å². The number of carbonyl (C=O) groups excluding carboxylic acids is 1. The molecule has 3 nitrogen and oxygen atoms in total. The molecule has 0 aromatic carbocycles. The molecule has 2 aliphatic rings. The van der Waals surface area contributed by atoms with Gasteiger partial charge < -0.3 is 10.6 Å². The minimum atomic E-state index is 0.0564. The molecule has 0 aromatic heterocycles. The number of rotatable bonds is 3. The number of piperidine rings is 1. The number of carbonyl (C=O) groups is 1. The van der Waals surface area contributed by atoms with Gasteiger partial charge in [-0.1, -0.05) is 26.2 Å². The highest BCUT2D eigenvalue weighted by atomic mass is 16.2. The van der Waals surface area contributed by atoms with Crippen LogP contribution in [0.5, 0.6) is 0 Å². The van der Waals surface area contributed by atoms with Crippen LogP contribution < -0.4 is 10.6 Å². The smallest absolute Gasteiger partial charge is 0.237 e. The summed E-state index contributed by atoms with van der Waals surface area (Å²) in [6, 6.07) is 0.0564. The summed E-state index contributed by atoms with van der Waals surface area (Å²) in [6.45, 7) is 6.12. The Hall–Kier alpha value is -0.570. The monoisotopic (exact) mass is 252 g/mol. The van der Waals surface area contributed by atoms with Crippen molar-refractivity contribution < 1.29 is 4.79 Å². The Kier molecular flexibility index (Phi) is 5.04. The second-order valence-electron chi connectivity index (χ2n) is 6.22. The lowest BCUT2D eigenvalue weighted by Gasteiger charge is -2.38. The van der Waals surface area contributed by atoms with Gasteiger partial charge in [0.1, 0.15) is 0 Å². The van der Waals surface area contributed by atoms with Gasteiger partial charge in [0.15, 0.2) is 0 Å². The molecule has 1 heterocycles. The molecule has 1 aliphatic carbocycles. The lowest BCUT2D eigenvalue weighted by Crippen LogP contribution is -2.49. The molecule has 1 saturated carbocycles. The van der Waals surface area contributed by atoms with E-state index in [0.717, 1.165) is 37.3 Å². The number of hydrogen-bond acceptors (Lipinski definition) is 2. The van der Waals surface area contributed by atoms with Crippen LogP contribution in [0.15, 0.2) is 0 Å². The quantitative estimate of drug-likeness (QED) is 0.809. The van der Waals surface area contributed by atoms with E-state index in [1.807, 2.05) is 6.92 Å². The van der Waals surface area contributed by atoms with Gasteiger partial charge in [0, 0.05) is 6.54 Å². The first-order valence-electron chi connectivity index (χ1n) is 7.71. The van der Waals surface area contributed by atoms with Gasteiger partial charge in [-0.3, -0.25) is 4.79 Å². The van der Waals surface area contributed by atoms with Crippen LogP contribution in [0.4, 0.5) is 0 Å². The average molecular weight is 252 g/mol. The zero-order valence-corrected chi connectivity index (χ0v) is 11.9. The van der Waals surface area contributed by atoms with Gasteiger partial charge in [0.25, 0.3) is 0 Å². The summed E-state index contributed by atoms with van der Waals surface area (Å²) in [5.41, 5.74) is 0. The largest absolute Gasteiger partial charge is 0.355 e. The first kappa shape index (κ1) is 13.9. The zero-order chi connectivity index (χ0) is 13.0. The highest BCUT2D eigenvalue weighted by molar-refractivity contribution is 5.81. The third-order valence-corrected chi connectivity index (χ3v) is 4.76. The van der Waals surface area contributed by atoms with Crippen molar-refractivity contribution in [2.45, 2.75) is 58.4 Å². The molecule has 104 valence electrons. The Morgan fingerprint density at radius 2 is 2.00 bits per heavy atom. The number of nitrogens with one attached hydrogen (secondary N) is 2. The summed E-state index contributed by atoms with van der Waals surface area (Å²) in [5, 5.41) is 6.32. The molecule has 3 heteroatoms. The van der Waals surface area contributed by atoms with E-state index >= 15 is 0 Å². The van der Waals surface area contributed by atoms with Gasteiger partial charge in [0.2, 0.25) is 5.91 Å². The normalized spacial score (nSPS) is 37.2. The molecular weight excluding hydrogens is 224 g/mol. The molecule has 0 radical (unpaired) electrons. The number of hydrogen-bond donors (Lipinski definition) is 2.